The molecule has 100 valence electrons. The number of ketones is 1. The van der Waals surface area contributed by atoms with Gasteiger partial charge in [0, 0.05) is 18.5 Å². The highest BCUT2D eigenvalue weighted by Gasteiger charge is 2.13. The lowest BCUT2D eigenvalue weighted by Gasteiger charge is -2.11. The maximum Gasteiger partial charge on any atom is 0.224 e. The topological polar surface area (TPSA) is 46.2 Å². The quantitative estimate of drug-likeness (QED) is 0.877. The van der Waals surface area contributed by atoms with Crippen LogP contribution in [-0.2, 0) is 9.59 Å². The van der Waals surface area contributed by atoms with Crippen molar-refractivity contribution in [2.24, 2.45) is 0 Å². The molecule has 0 saturated heterocycles. The van der Waals surface area contributed by atoms with E-state index in [1.807, 2.05) is 36.4 Å². The molecular weight excluding hydrogens is 238 g/mol. The van der Waals surface area contributed by atoms with Crippen LogP contribution in [0.3, 0.4) is 0 Å². The lowest BCUT2D eigenvalue weighted by atomic mass is 9.94. The minimum Gasteiger partial charge on any atom is -0.326 e. The van der Waals surface area contributed by atoms with Gasteiger partial charge in [-0.15, -0.1) is 0 Å². The van der Waals surface area contributed by atoms with Crippen molar-refractivity contribution in [2.75, 3.05) is 5.32 Å². The van der Waals surface area contributed by atoms with Gasteiger partial charge in [0.1, 0.15) is 0 Å². The number of hydrogen-bond donors (Lipinski definition) is 1. The Balaban J connectivity index is 1.77. The molecule has 1 aliphatic carbocycles. The van der Waals surface area contributed by atoms with Crippen LogP contribution < -0.4 is 5.32 Å². The zero-order chi connectivity index (χ0) is 13.5. The third-order valence-corrected chi connectivity index (χ3v) is 3.29. The van der Waals surface area contributed by atoms with Crippen molar-refractivity contribution in [3.63, 3.8) is 0 Å². The minimum absolute atomic E-state index is 0.101. The first kappa shape index (κ1) is 13.5. The molecule has 0 aliphatic heterocycles. The number of carbonyl (C=O) groups is 2. The molecule has 0 bridgehead atoms. The molecule has 1 aromatic rings. The Kier molecular flexibility index (Phi) is 4.90. The molecule has 19 heavy (non-hydrogen) atoms. The smallest absolute Gasteiger partial charge is 0.224 e. The van der Waals surface area contributed by atoms with Crippen molar-refractivity contribution >= 4 is 17.4 Å². The summed E-state index contributed by atoms with van der Waals surface area (Å²) in [6.07, 6.45) is 6.73. The van der Waals surface area contributed by atoms with Gasteiger partial charge in [0.15, 0.2) is 5.78 Å². The molecule has 0 radical (unpaired) electrons. The maximum absolute atomic E-state index is 11.9. The van der Waals surface area contributed by atoms with Crippen LogP contribution in [0.2, 0.25) is 0 Å². The third kappa shape index (κ3) is 4.36. The van der Waals surface area contributed by atoms with E-state index in [0.29, 0.717) is 6.42 Å². The second-order valence-electron chi connectivity index (χ2n) is 4.81. The van der Waals surface area contributed by atoms with Crippen molar-refractivity contribution < 1.29 is 9.59 Å². The minimum atomic E-state index is -0.101. The molecule has 1 aliphatic rings. The molecule has 0 aromatic heterocycles. The van der Waals surface area contributed by atoms with Gasteiger partial charge in [0.2, 0.25) is 5.91 Å². The average molecular weight is 257 g/mol. The van der Waals surface area contributed by atoms with Crippen LogP contribution in [0.1, 0.15) is 38.5 Å². The number of amides is 1. The van der Waals surface area contributed by atoms with Crippen LogP contribution in [0.25, 0.3) is 0 Å². The zero-order valence-electron chi connectivity index (χ0n) is 11.0. The molecule has 0 spiro atoms. The lowest BCUT2D eigenvalue weighted by molar-refractivity contribution is -0.121. The first-order chi connectivity index (χ1) is 9.25. The van der Waals surface area contributed by atoms with Crippen molar-refractivity contribution in [1.29, 1.82) is 0 Å². The van der Waals surface area contributed by atoms with Crippen molar-refractivity contribution in [2.45, 2.75) is 38.5 Å². The lowest BCUT2D eigenvalue weighted by Crippen LogP contribution is -2.14. The zero-order valence-corrected chi connectivity index (χ0v) is 11.0. The predicted octanol–water partition coefficient (Wildman–Crippen LogP) is 3.47. The number of carbonyl (C=O) groups excluding carboxylic acids is 2. The van der Waals surface area contributed by atoms with Gasteiger partial charge in [-0.25, -0.2) is 0 Å². The first-order valence-electron chi connectivity index (χ1n) is 6.83. The largest absolute Gasteiger partial charge is 0.326 e. The van der Waals surface area contributed by atoms with E-state index in [-0.39, 0.29) is 18.1 Å². The Morgan fingerprint density at radius 2 is 1.84 bits per heavy atom. The van der Waals surface area contributed by atoms with Gasteiger partial charge >= 0.3 is 0 Å². The summed E-state index contributed by atoms with van der Waals surface area (Å²) in [5, 5.41) is 2.79. The van der Waals surface area contributed by atoms with Gasteiger partial charge in [-0.05, 0) is 43.4 Å². The fourth-order valence-electron chi connectivity index (χ4n) is 2.22. The van der Waals surface area contributed by atoms with Crippen LogP contribution in [-0.4, -0.2) is 11.7 Å². The number of anilines is 1. The van der Waals surface area contributed by atoms with Gasteiger partial charge in [-0.2, -0.15) is 0 Å². The Labute approximate surface area is 113 Å². The van der Waals surface area contributed by atoms with E-state index < -0.39 is 0 Å². The van der Waals surface area contributed by atoms with E-state index in [0.717, 1.165) is 30.5 Å². The van der Waals surface area contributed by atoms with Crippen LogP contribution in [0, 0.1) is 0 Å². The molecule has 0 fully saturated rings. The normalized spacial score (nSPS) is 14.6. The van der Waals surface area contributed by atoms with Crippen molar-refractivity contribution in [3.05, 3.63) is 42.0 Å². The number of nitrogens with one attached hydrogen (secondary N) is 1. The van der Waals surface area contributed by atoms with E-state index in [2.05, 4.69) is 5.32 Å². The fourth-order valence-corrected chi connectivity index (χ4v) is 2.22. The standard InChI is InChI=1S/C16H19NO2/c18-15(13-7-3-1-4-8-13)11-12-16(19)17-14-9-5-2-6-10-14/h2,5-7,9-10H,1,3-4,8,11-12H2,(H,17,19). The van der Waals surface area contributed by atoms with Gasteiger partial charge in [-0.1, -0.05) is 24.3 Å². The summed E-state index contributed by atoms with van der Waals surface area (Å²) in [7, 11) is 0. The molecule has 3 nitrogen and oxygen atoms in total. The third-order valence-electron chi connectivity index (χ3n) is 3.29. The molecule has 1 aromatic carbocycles. The maximum atomic E-state index is 11.9. The van der Waals surface area contributed by atoms with Gasteiger partial charge < -0.3 is 5.32 Å². The number of hydrogen-bond acceptors (Lipinski definition) is 2. The molecule has 0 heterocycles. The Hall–Kier alpha value is -1.90. The second kappa shape index (κ2) is 6.88. The molecule has 1 amide bonds. The number of Topliss-reactive ketones (excluding diaryl/α,β-unsaturated/α-hetero) is 1. The van der Waals surface area contributed by atoms with E-state index in [4.69, 9.17) is 0 Å². The van der Waals surface area contributed by atoms with Crippen LogP contribution >= 0.6 is 0 Å². The number of para-hydroxylation sites is 1. The predicted molar refractivity (Wildman–Crippen MR) is 75.9 cm³/mol. The van der Waals surface area contributed by atoms with Crippen molar-refractivity contribution in [1.82, 2.24) is 0 Å². The first-order valence-corrected chi connectivity index (χ1v) is 6.83. The summed E-state index contributed by atoms with van der Waals surface area (Å²) in [6, 6.07) is 9.31. The Morgan fingerprint density at radius 3 is 2.53 bits per heavy atom. The monoisotopic (exact) mass is 257 g/mol. The average Bonchev–Trinajstić information content (AvgIpc) is 2.47. The highest BCUT2D eigenvalue weighted by atomic mass is 16.2. The Bertz CT molecular complexity index is 477. The summed E-state index contributed by atoms with van der Waals surface area (Å²) < 4.78 is 0. The molecule has 3 heteroatoms. The highest BCUT2D eigenvalue weighted by Crippen LogP contribution is 2.19. The fraction of sp³-hybridized carbons (Fsp3) is 0.375. The molecule has 0 unspecified atom stereocenters. The van der Waals surface area contributed by atoms with Crippen LogP contribution in [0.4, 0.5) is 5.69 Å². The van der Waals surface area contributed by atoms with Gasteiger partial charge in [0.25, 0.3) is 0 Å². The molecule has 1 N–H and O–H groups in total. The summed E-state index contributed by atoms with van der Waals surface area (Å²) >= 11 is 0. The number of rotatable bonds is 5. The van der Waals surface area contributed by atoms with E-state index in [1.54, 1.807) is 0 Å². The SMILES string of the molecule is O=C(CCC(=O)C1=CCCCC1)Nc1ccccc1. The van der Waals surface area contributed by atoms with Crippen LogP contribution in [0.5, 0.6) is 0 Å². The van der Waals surface area contributed by atoms with Crippen LogP contribution in [0.15, 0.2) is 42.0 Å². The summed E-state index contributed by atoms with van der Waals surface area (Å²) in [4.78, 5) is 23.6. The summed E-state index contributed by atoms with van der Waals surface area (Å²) in [5.41, 5.74) is 1.69. The molecule has 0 atom stereocenters. The van der Waals surface area contributed by atoms with Gasteiger partial charge in [-0.3, -0.25) is 9.59 Å². The molecule has 0 saturated carbocycles. The van der Waals surface area contributed by atoms with Crippen molar-refractivity contribution in [3.8, 4) is 0 Å². The second-order valence-corrected chi connectivity index (χ2v) is 4.81. The number of allylic oxidation sites excluding steroid dienone is 2. The number of benzene rings is 1. The van der Waals surface area contributed by atoms with E-state index in [9.17, 15) is 9.59 Å². The van der Waals surface area contributed by atoms with E-state index >= 15 is 0 Å². The molecule has 2 rings (SSSR count). The Morgan fingerprint density at radius 1 is 1.05 bits per heavy atom. The summed E-state index contributed by atoms with van der Waals surface area (Å²) in [6.45, 7) is 0. The molecular formula is C16H19NO2. The van der Waals surface area contributed by atoms with Gasteiger partial charge in [0.05, 0.1) is 0 Å². The van der Waals surface area contributed by atoms with E-state index in [1.165, 1.54) is 6.42 Å². The highest BCUT2D eigenvalue weighted by molar-refractivity contribution is 5.99. The summed E-state index contributed by atoms with van der Waals surface area (Å²) in [5.74, 6) is 0.0267.